The second-order valence-electron chi connectivity index (χ2n) is 2.45. The first-order chi connectivity index (χ1) is 5.57. The number of phenols is 1. The lowest BCUT2D eigenvalue weighted by Gasteiger charge is -2.09. The Bertz CT molecular complexity index is 312. The van der Waals surface area contributed by atoms with Crippen molar-refractivity contribution in [3.8, 4) is 11.5 Å². The number of hydrogen-bond donors (Lipinski definition) is 2. The number of aromatic hydroxyl groups is 1. The first kappa shape index (κ1) is 8.64. The van der Waals surface area contributed by atoms with E-state index in [1.807, 2.05) is 0 Å². The number of ether oxygens (including phenoxy) is 1. The van der Waals surface area contributed by atoms with Gasteiger partial charge in [0, 0.05) is 11.6 Å². The molecule has 0 heterocycles. The van der Waals surface area contributed by atoms with E-state index in [2.05, 4.69) is 0 Å². The third kappa shape index (κ3) is 1.15. The fourth-order valence-corrected chi connectivity index (χ4v) is 0.943. The molecule has 0 atom stereocenters. The second-order valence-corrected chi connectivity index (χ2v) is 2.45. The molecule has 0 spiro atoms. The van der Waals surface area contributed by atoms with E-state index in [0.717, 1.165) is 6.07 Å². The Morgan fingerprint density at radius 3 is 2.67 bits per heavy atom. The molecule has 12 heavy (non-hydrogen) atoms. The number of benzene rings is 1. The molecule has 3 N–H and O–H groups in total. The Morgan fingerprint density at radius 1 is 1.58 bits per heavy atom. The van der Waals surface area contributed by atoms with Crippen molar-refractivity contribution in [1.82, 2.24) is 0 Å². The maximum absolute atomic E-state index is 12.8. The number of rotatable bonds is 1. The molecule has 0 aromatic heterocycles. The first-order valence-electron chi connectivity index (χ1n) is 3.39. The highest BCUT2D eigenvalue weighted by Crippen LogP contribution is 2.33. The van der Waals surface area contributed by atoms with Gasteiger partial charge in [-0.25, -0.2) is 4.39 Å². The molecule has 0 radical (unpaired) electrons. The van der Waals surface area contributed by atoms with Crippen LogP contribution in [0.4, 0.5) is 10.1 Å². The monoisotopic (exact) mass is 171 g/mol. The Morgan fingerprint density at radius 2 is 2.17 bits per heavy atom. The van der Waals surface area contributed by atoms with Crippen molar-refractivity contribution in [1.29, 1.82) is 0 Å². The van der Waals surface area contributed by atoms with Crippen LogP contribution in [0.1, 0.15) is 5.56 Å². The predicted octanol–water partition coefficient (Wildman–Crippen LogP) is 1.43. The van der Waals surface area contributed by atoms with Crippen LogP contribution in [-0.2, 0) is 0 Å². The van der Waals surface area contributed by atoms with E-state index >= 15 is 0 Å². The van der Waals surface area contributed by atoms with Gasteiger partial charge in [-0.2, -0.15) is 0 Å². The molecule has 0 aliphatic heterocycles. The van der Waals surface area contributed by atoms with E-state index in [0.29, 0.717) is 11.3 Å². The van der Waals surface area contributed by atoms with Crippen LogP contribution in [0.3, 0.4) is 0 Å². The normalized spacial score (nSPS) is 9.92. The van der Waals surface area contributed by atoms with Gasteiger partial charge in [0.05, 0.1) is 12.8 Å². The third-order valence-corrected chi connectivity index (χ3v) is 1.73. The van der Waals surface area contributed by atoms with Crippen molar-refractivity contribution in [2.75, 3.05) is 12.8 Å². The highest BCUT2D eigenvalue weighted by atomic mass is 19.1. The van der Waals surface area contributed by atoms with Gasteiger partial charge in [0.1, 0.15) is 5.75 Å². The van der Waals surface area contributed by atoms with Gasteiger partial charge in [0.15, 0.2) is 11.6 Å². The van der Waals surface area contributed by atoms with Gasteiger partial charge in [-0.3, -0.25) is 0 Å². The molecule has 0 bridgehead atoms. The molecule has 1 aromatic rings. The van der Waals surface area contributed by atoms with Gasteiger partial charge in [0.25, 0.3) is 0 Å². The van der Waals surface area contributed by atoms with Crippen molar-refractivity contribution < 1.29 is 14.2 Å². The summed E-state index contributed by atoms with van der Waals surface area (Å²) in [6.45, 7) is 1.65. The van der Waals surface area contributed by atoms with E-state index in [4.69, 9.17) is 15.6 Å². The van der Waals surface area contributed by atoms with Gasteiger partial charge in [-0.05, 0) is 6.92 Å². The highest BCUT2D eigenvalue weighted by Gasteiger charge is 2.12. The number of anilines is 1. The lowest BCUT2D eigenvalue weighted by molar-refractivity contribution is 0.397. The molecular weight excluding hydrogens is 161 g/mol. The molecule has 1 rings (SSSR count). The van der Waals surface area contributed by atoms with E-state index in [1.165, 1.54) is 7.11 Å². The van der Waals surface area contributed by atoms with E-state index in [9.17, 15) is 4.39 Å². The van der Waals surface area contributed by atoms with E-state index in [1.54, 1.807) is 6.92 Å². The molecule has 0 saturated heterocycles. The van der Waals surface area contributed by atoms with Crippen molar-refractivity contribution in [3.05, 3.63) is 17.4 Å². The third-order valence-electron chi connectivity index (χ3n) is 1.73. The van der Waals surface area contributed by atoms with Gasteiger partial charge in [-0.1, -0.05) is 0 Å². The predicted molar refractivity (Wildman–Crippen MR) is 43.8 cm³/mol. The van der Waals surface area contributed by atoms with Crippen LogP contribution in [0.2, 0.25) is 0 Å². The standard InChI is InChI=1S/C8H10FNO2/c1-4-6(12-2)3-5(9)8(11)7(4)10/h3,11H,10H2,1-2H3. The second kappa shape index (κ2) is 2.89. The summed E-state index contributed by atoms with van der Waals surface area (Å²) in [7, 11) is 1.41. The number of halogens is 1. The Balaban J connectivity index is 3.39. The van der Waals surface area contributed by atoms with Gasteiger partial charge < -0.3 is 15.6 Å². The summed E-state index contributed by atoms with van der Waals surface area (Å²) in [6.07, 6.45) is 0. The number of hydrogen-bond acceptors (Lipinski definition) is 3. The zero-order chi connectivity index (χ0) is 9.30. The summed E-state index contributed by atoms with van der Waals surface area (Å²) >= 11 is 0. The Labute approximate surface area is 69.6 Å². The minimum atomic E-state index is -0.769. The van der Waals surface area contributed by atoms with Gasteiger partial charge in [0.2, 0.25) is 0 Å². The summed E-state index contributed by atoms with van der Waals surface area (Å²) in [4.78, 5) is 0. The van der Waals surface area contributed by atoms with Crippen LogP contribution >= 0.6 is 0 Å². The molecule has 0 aliphatic carbocycles. The van der Waals surface area contributed by atoms with Crippen LogP contribution in [0.15, 0.2) is 6.07 Å². The molecule has 0 amide bonds. The molecule has 0 saturated carbocycles. The van der Waals surface area contributed by atoms with Crippen molar-refractivity contribution in [2.45, 2.75) is 6.92 Å². The quantitative estimate of drug-likeness (QED) is 0.496. The zero-order valence-corrected chi connectivity index (χ0v) is 6.89. The maximum atomic E-state index is 12.8. The van der Waals surface area contributed by atoms with Gasteiger partial charge >= 0.3 is 0 Å². The lowest BCUT2D eigenvalue weighted by Crippen LogP contribution is -1.96. The summed E-state index contributed by atoms with van der Waals surface area (Å²) < 4.78 is 17.6. The van der Waals surface area contributed by atoms with Crippen molar-refractivity contribution >= 4 is 5.69 Å². The fraction of sp³-hybridized carbons (Fsp3) is 0.250. The van der Waals surface area contributed by atoms with Crippen LogP contribution in [0.25, 0.3) is 0 Å². The molecule has 1 aromatic carbocycles. The van der Waals surface area contributed by atoms with Crippen molar-refractivity contribution in [2.24, 2.45) is 0 Å². The van der Waals surface area contributed by atoms with Crippen molar-refractivity contribution in [3.63, 3.8) is 0 Å². The van der Waals surface area contributed by atoms with Gasteiger partial charge in [-0.15, -0.1) is 0 Å². The summed E-state index contributed by atoms with van der Waals surface area (Å²) in [5, 5.41) is 9.05. The minimum Gasteiger partial charge on any atom is -0.503 e. The number of nitrogens with two attached hydrogens (primary N) is 1. The average Bonchev–Trinajstić information content (AvgIpc) is 2.08. The molecule has 0 unspecified atom stereocenters. The fourth-order valence-electron chi connectivity index (χ4n) is 0.943. The van der Waals surface area contributed by atoms with Crippen LogP contribution in [0, 0.1) is 12.7 Å². The molecule has 0 aliphatic rings. The largest absolute Gasteiger partial charge is 0.503 e. The first-order valence-corrected chi connectivity index (χ1v) is 3.39. The van der Waals surface area contributed by atoms with Crippen LogP contribution in [-0.4, -0.2) is 12.2 Å². The molecule has 4 heteroatoms. The zero-order valence-electron chi connectivity index (χ0n) is 6.89. The van der Waals surface area contributed by atoms with Crippen LogP contribution < -0.4 is 10.5 Å². The SMILES string of the molecule is COc1cc(F)c(O)c(N)c1C. The topological polar surface area (TPSA) is 55.5 Å². The minimum absolute atomic E-state index is 0.0202. The lowest BCUT2D eigenvalue weighted by atomic mass is 10.1. The summed E-state index contributed by atoms with van der Waals surface area (Å²) in [5.74, 6) is -0.953. The highest BCUT2D eigenvalue weighted by molar-refractivity contribution is 5.62. The summed E-state index contributed by atoms with van der Waals surface area (Å²) in [5.41, 5.74) is 5.95. The number of methoxy groups -OCH3 is 1. The molecular formula is C8H10FNO2. The summed E-state index contributed by atoms with van der Waals surface area (Å²) in [6, 6.07) is 1.10. The molecule has 3 nitrogen and oxygen atoms in total. The Hall–Kier alpha value is -1.45. The van der Waals surface area contributed by atoms with Crippen LogP contribution in [0.5, 0.6) is 11.5 Å². The molecule has 0 fully saturated rings. The number of nitrogen functional groups attached to an aromatic ring is 1. The average molecular weight is 171 g/mol. The number of phenolic OH excluding ortho intramolecular Hbond substituents is 1. The smallest absolute Gasteiger partial charge is 0.175 e. The van der Waals surface area contributed by atoms with E-state index in [-0.39, 0.29) is 5.69 Å². The Kier molecular flexibility index (Phi) is 2.08. The van der Waals surface area contributed by atoms with E-state index < -0.39 is 11.6 Å². The maximum Gasteiger partial charge on any atom is 0.175 e. The molecule has 66 valence electrons.